The lowest BCUT2D eigenvalue weighted by molar-refractivity contribution is 0.154. The van der Waals surface area contributed by atoms with Crippen molar-refractivity contribution in [1.82, 2.24) is 19.7 Å². The molecule has 1 atom stereocenters. The molecule has 0 spiro atoms. The Bertz CT molecular complexity index is 1180. The molecule has 1 aromatic carbocycles. The maximum Gasteiger partial charge on any atom is 0.280 e. The van der Waals surface area contributed by atoms with Gasteiger partial charge in [-0.25, -0.2) is 9.67 Å². The minimum Gasteiger partial charge on any atom is -0.391 e. The molecule has 2 N–H and O–H groups in total. The number of anilines is 1. The van der Waals surface area contributed by atoms with Crippen LogP contribution in [0, 0.1) is 0 Å². The normalized spacial score (nSPS) is 17.7. The summed E-state index contributed by atoms with van der Waals surface area (Å²) >= 11 is 0. The number of nitrogens with zero attached hydrogens (tertiary/aromatic N) is 4. The molecule has 1 aliphatic heterocycles. The highest BCUT2D eigenvalue weighted by Crippen LogP contribution is 2.24. The third-order valence-corrected chi connectivity index (χ3v) is 5.09. The van der Waals surface area contributed by atoms with Crippen molar-refractivity contribution < 1.29 is 5.11 Å². The van der Waals surface area contributed by atoms with Crippen molar-refractivity contribution >= 4 is 27.8 Å². The quantitative estimate of drug-likeness (QED) is 0.572. The zero-order valence-electron chi connectivity index (χ0n) is 14.7. The number of aromatic amines is 1. The number of aliphatic hydroxyl groups is 1. The molecule has 1 unspecified atom stereocenters. The van der Waals surface area contributed by atoms with Gasteiger partial charge in [-0.05, 0) is 37.1 Å². The second-order valence-electron chi connectivity index (χ2n) is 6.91. The van der Waals surface area contributed by atoms with Crippen molar-refractivity contribution in [3.63, 3.8) is 0 Å². The van der Waals surface area contributed by atoms with Crippen molar-refractivity contribution in [2.24, 2.45) is 0 Å². The van der Waals surface area contributed by atoms with E-state index in [0.717, 1.165) is 36.4 Å². The van der Waals surface area contributed by atoms with E-state index in [9.17, 15) is 9.90 Å². The Morgan fingerprint density at radius 3 is 2.81 bits per heavy atom. The second kappa shape index (κ2) is 6.21. The lowest BCUT2D eigenvalue weighted by Gasteiger charge is -2.31. The molecular formula is C20H19N5O2. The van der Waals surface area contributed by atoms with Crippen LogP contribution in [0.2, 0.25) is 0 Å². The highest BCUT2D eigenvalue weighted by atomic mass is 16.3. The first kappa shape index (κ1) is 16.0. The molecule has 1 aliphatic rings. The number of fused-ring (bicyclic) bond motifs is 3. The van der Waals surface area contributed by atoms with E-state index in [1.807, 2.05) is 42.5 Å². The molecule has 3 aromatic heterocycles. The van der Waals surface area contributed by atoms with Gasteiger partial charge < -0.3 is 10.0 Å². The van der Waals surface area contributed by atoms with Crippen molar-refractivity contribution in [2.45, 2.75) is 18.9 Å². The molecule has 1 saturated heterocycles. The molecule has 0 radical (unpaired) electrons. The van der Waals surface area contributed by atoms with Gasteiger partial charge in [0.2, 0.25) is 0 Å². The summed E-state index contributed by atoms with van der Waals surface area (Å²) < 4.78 is 1.52. The molecule has 4 heterocycles. The topological polar surface area (TPSA) is 87.0 Å². The number of piperidine rings is 1. The molecule has 7 heteroatoms. The van der Waals surface area contributed by atoms with E-state index in [2.05, 4.69) is 15.0 Å². The molecule has 1 fully saturated rings. The van der Waals surface area contributed by atoms with Gasteiger partial charge in [0, 0.05) is 19.3 Å². The first-order chi connectivity index (χ1) is 13.2. The maximum absolute atomic E-state index is 12.8. The predicted molar refractivity (Wildman–Crippen MR) is 104 cm³/mol. The van der Waals surface area contributed by atoms with Gasteiger partial charge in [0.15, 0.2) is 0 Å². The summed E-state index contributed by atoms with van der Waals surface area (Å²) in [5, 5.41) is 13.7. The van der Waals surface area contributed by atoms with Crippen LogP contribution in [0.5, 0.6) is 0 Å². The van der Waals surface area contributed by atoms with Gasteiger partial charge in [0.1, 0.15) is 11.3 Å². The van der Waals surface area contributed by atoms with Gasteiger partial charge in [-0.1, -0.05) is 18.2 Å². The van der Waals surface area contributed by atoms with Crippen LogP contribution in [0.15, 0.2) is 53.5 Å². The number of hydrogen-bond donors (Lipinski definition) is 2. The summed E-state index contributed by atoms with van der Waals surface area (Å²) in [6, 6.07) is 13.3. The molecule has 136 valence electrons. The maximum atomic E-state index is 12.8. The van der Waals surface area contributed by atoms with Crippen molar-refractivity contribution in [3.8, 4) is 5.69 Å². The third-order valence-electron chi connectivity index (χ3n) is 5.09. The summed E-state index contributed by atoms with van der Waals surface area (Å²) in [6.07, 6.45) is 3.03. The summed E-state index contributed by atoms with van der Waals surface area (Å²) in [6.45, 7) is 1.43. The first-order valence-corrected chi connectivity index (χ1v) is 9.09. The Morgan fingerprint density at radius 2 is 2.00 bits per heavy atom. The van der Waals surface area contributed by atoms with Crippen LogP contribution in [-0.2, 0) is 0 Å². The lowest BCUT2D eigenvalue weighted by atomic mass is 10.1. The number of nitrogens with one attached hydrogen (secondary N) is 1. The van der Waals surface area contributed by atoms with E-state index < -0.39 is 0 Å². The monoisotopic (exact) mass is 361 g/mol. The van der Waals surface area contributed by atoms with Crippen LogP contribution in [0.25, 0.3) is 27.6 Å². The van der Waals surface area contributed by atoms with E-state index in [-0.39, 0.29) is 11.7 Å². The fourth-order valence-electron chi connectivity index (χ4n) is 3.71. The van der Waals surface area contributed by atoms with Crippen LogP contribution >= 0.6 is 0 Å². The second-order valence-corrected chi connectivity index (χ2v) is 6.91. The van der Waals surface area contributed by atoms with Gasteiger partial charge in [0.25, 0.3) is 5.56 Å². The van der Waals surface area contributed by atoms with E-state index in [0.29, 0.717) is 23.0 Å². The number of para-hydroxylation sites is 1. The Morgan fingerprint density at radius 1 is 1.15 bits per heavy atom. The lowest BCUT2D eigenvalue weighted by Crippen LogP contribution is -2.38. The summed E-state index contributed by atoms with van der Waals surface area (Å²) in [4.78, 5) is 24.1. The molecule has 7 nitrogen and oxygen atoms in total. The molecule has 0 saturated carbocycles. The van der Waals surface area contributed by atoms with Crippen molar-refractivity contribution in [3.05, 3.63) is 59.0 Å². The Labute approximate surface area is 154 Å². The molecule has 0 amide bonds. The molecule has 5 rings (SSSR count). The average Bonchev–Trinajstić information content (AvgIpc) is 3.05. The number of hydrogen-bond acceptors (Lipinski definition) is 5. The zero-order valence-corrected chi connectivity index (χ0v) is 14.7. The average molecular weight is 361 g/mol. The Balaban J connectivity index is 1.69. The number of pyridine rings is 2. The van der Waals surface area contributed by atoms with Crippen molar-refractivity contribution in [2.75, 3.05) is 18.0 Å². The van der Waals surface area contributed by atoms with E-state index in [4.69, 9.17) is 4.98 Å². The number of aliphatic hydroxyl groups excluding tert-OH is 1. The summed E-state index contributed by atoms with van der Waals surface area (Å²) in [5.41, 5.74) is 2.68. The number of β-amino-alcohol motifs (C(OH)–C–C–N with tert-alkyl or cyclic N) is 1. The van der Waals surface area contributed by atoms with Crippen LogP contribution in [0.4, 0.5) is 5.82 Å². The minimum absolute atomic E-state index is 0.147. The van der Waals surface area contributed by atoms with Crippen LogP contribution in [0.3, 0.4) is 0 Å². The van der Waals surface area contributed by atoms with Gasteiger partial charge in [0.05, 0.1) is 28.2 Å². The van der Waals surface area contributed by atoms with Crippen LogP contribution in [-0.4, -0.2) is 44.0 Å². The highest BCUT2D eigenvalue weighted by molar-refractivity contribution is 6.00. The zero-order chi connectivity index (χ0) is 18.4. The predicted octanol–water partition coefficient (Wildman–Crippen LogP) is 2.22. The SMILES string of the molecule is O=c1c2cnc3ccc(N4CCCC(O)C4)nc3c2[nH]n1-c1ccccc1. The molecule has 4 aromatic rings. The fraction of sp³-hybridized carbons (Fsp3) is 0.250. The van der Waals surface area contributed by atoms with Gasteiger partial charge in [-0.15, -0.1) is 0 Å². The third kappa shape index (κ3) is 2.67. The first-order valence-electron chi connectivity index (χ1n) is 9.09. The number of rotatable bonds is 2. The molecular weight excluding hydrogens is 342 g/mol. The minimum atomic E-state index is -0.330. The van der Waals surface area contributed by atoms with Crippen molar-refractivity contribution in [1.29, 1.82) is 0 Å². The van der Waals surface area contributed by atoms with E-state index in [1.54, 1.807) is 6.20 Å². The van der Waals surface area contributed by atoms with Crippen LogP contribution in [0.1, 0.15) is 12.8 Å². The smallest absolute Gasteiger partial charge is 0.280 e. The molecule has 27 heavy (non-hydrogen) atoms. The largest absolute Gasteiger partial charge is 0.391 e. The summed E-state index contributed by atoms with van der Waals surface area (Å²) in [7, 11) is 0. The van der Waals surface area contributed by atoms with Gasteiger partial charge in [-0.2, -0.15) is 0 Å². The Kier molecular flexibility index (Phi) is 3.68. The number of H-pyrrole nitrogens is 1. The van der Waals surface area contributed by atoms with E-state index in [1.165, 1.54) is 4.68 Å². The summed E-state index contributed by atoms with van der Waals surface area (Å²) in [5.74, 6) is 0.795. The molecule has 0 bridgehead atoms. The van der Waals surface area contributed by atoms with Gasteiger partial charge in [-0.3, -0.25) is 14.9 Å². The highest BCUT2D eigenvalue weighted by Gasteiger charge is 2.20. The standard InChI is InChI=1S/C20H19N5O2/c26-14-7-4-10-24(12-14)17-9-8-16-19(22-17)18-15(11-21-16)20(27)25(23-18)13-5-2-1-3-6-13/h1-3,5-6,8-9,11,14,23,26H,4,7,10,12H2. The molecule has 0 aliphatic carbocycles. The van der Waals surface area contributed by atoms with Gasteiger partial charge >= 0.3 is 0 Å². The van der Waals surface area contributed by atoms with E-state index >= 15 is 0 Å². The van der Waals surface area contributed by atoms with Crippen LogP contribution < -0.4 is 10.5 Å². The number of aromatic nitrogens is 4. The fourth-order valence-corrected chi connectivity index (χ4v) is 3.71. The Hall–Kier alpha value is -3.19. The number of benzene rings is 1.